The van der Waals surface area contributed by atoms with Gasteiger partial charge in [0.25, 0.3) is 11.8 Å². The summed E-state index contributed by atoms with van der Waals surface area (Å²) < 4.78 is 12.9. The minimum atomic E-state index is -0.392. The first kappa shape index (κ1) is 17.6. The number of hydrazine groups is 1. The minimum absolute atomic E-state index is 0.0981. The van der Waals surface area contributed by atoms with Crippen molar-refractivity contribution in [1.29, 1.82) is 5.26 Å². The van der Waals surface area contributed by atoms with Crippen molar-refractivity contribution in [2.45, 2.75) is 0 Å². The Morgan fingerprint density at radius 2 is 1.50 bits per heavy atom. The Bertz CT molecular complexity index is 835. The van der Waals surface area contributed by atoms with Crippen molar-refractivity contribution in [3.05, 3.63) is 71.0 Å². The highest BCUT2D eigenvalue weighted by Crippen LogP contribution is 2.10. The second-order valence-electron chi connectivity index (χ2n) is 5.92. The predicted molar refractivity (Wildman–Crippen MR) is 92.5 cm³/mol. The number of benzene rings is 2. The van der Waals surface area contributed by atoms with Crippen molar-refractivity contribution >= 4 is 11.8 Å². The lowest BCUT2D eigenvalue weighted by atomic mass is 10.1. The predicted octanol–water partition coefficient (Wildman–Crippen LogP) is 1.80. The lowest BCUT2D eigenvalue weighted by Gasteiger charge is -2.34. The average molecular weight is 352 g/mol. The highest BCUT2D eigenvalue weighted by Gasteiger charge is 2.23. The van der Waals surface area contributed by atoms with Crippen molar-refractivity contribution in [2.75, 3.05) is 26.2 Å². The van der Waals surface area contributed by atoms with E-state index in [0.717, 1.165) is 0 Å². The van der Waals surface area contributed by atoms with Crippen LogP contribution in [0.15, 0.2) is 48.5 Å². The molecule has 26 heavy (non-hydrogen) atoms. The molecule has 1 saturated heterocycles. The summed E-state index contributed by atoms with van der Waals surface area (Å²) in [4.78, 5) is 26.3. The molecule has 6 nitrogen and oxygen atoms in total. The smallest absolute Gasteiger partial charge is 0.265 e. The van der Waals surface area contributed by atoms with Crippen LogP contribution in [0.25, 0.3) is 0 Å². The van der Waals surface area contributed by atoms with Crippen LogP contribution in [0.2, 0.25) is 0 Å². The van der Waals surface area contributed by atoms with Gasteiger partial charge in [-0.05, 0) is 48.5 Å². The van der Waals surface area contributed by atoms with Crippen molar-refractivity contribution in [1.82, 2.24) is 15.3 Å². The Kier molecular flexibility index (Phi) is 5.25. The molecular weight excluding hydrogens is 335 g/mol. The lowest BCUT2D eigenvalue weighted by molar-refractivity contribution is 0.0505. The van der Waals surface area contributed by atoms with Crippen LogP contribution in [0.1, 0.15) is 26.3 Å². The van der Waals surface area contributed by atoms with E-state index in [9.17, 15) is 14.0 Å². The summed E-state index contributed by atoms with van der Waals surface area (Å²) in [6.07, 6.45) is 0. The van der Waals surface area contributed by atoms with E-state index in [1.165, 1.54) is 24.3 Å². The molecule has 0 unspecified atom stereocenters. The van der Waals surface area contributed by atoms with Gasteiger partial charge in [0.05, 0.1) is 11.6 Å². The van der Waals surface area contributed by atoms with Gasteiger partial charge in [0.1, 0.15) is 5.82 Å². The topological polar surface area (TPSA) is 76.4 Å². The summed E-state index contributed by atoms with van der Waals surface area (Å²) in [5, 5.41) is 10.6. The normalized spacial score (nSPS) is 14.5. The van der Waals surface area contributed by atoms with E-state index in [0.29, 0.717) is 42.9 Å². The fourth-order valence-electron chi connectivity index (χ4n) is 2.70. The van der Waals surface area contributed by atoms with E-state index in [1.54, 1.807) is 34.2 Å². The first-order chi connectivity index (χ1) is 12.6. The van der Waals surface area contributed by atoms with E-state index in [4.69, 9.17) is 5.26 Å². The maximum Gasteiger partial charge on any atom is 0.265 e. The van der Waals surface area contributed by atoms with Gasteiger partial charge in [0.2, 0.25) is 0 Å². The number of piperazine rings is 1. The lowest BCUT2D eigenvalue weighted by Crippen LogP contribution is -2.54. The molecule has 7 heteroatoms. The quantitative estimate of drug-likeness (QED) is 0.914. The van der Waals surface area contributed by atoms with Gasteiger partial charge in [-0.25, -0.2) is 9.40 Å². The molecule has 1 aliphatic rings. The van der Waals surface area contributed by atoms with Gasteiger partial charge in [-0.15, -0.1) is 0 Å². The number of amides is 2. The van der Waals surface area contributed by atoms with Crippen LogP contribution in [0.4, 0.5) is 4.39 Å². The summed E-state index contributed by atoms with van der Waals surface area (Å²) in [5.41, 5.74) is 4.19. The Labute approximate surface area is 150 Å². The molecule has 3 rings (SSSR count). The largest absolute Gasteiger partial charge is 0.336 e. The summed E-state index contributed by atoms with van der Waals surface area (Å²) >= 11 is 0. The van der Waals surface area contributed by atoms with Gasteiger partial charge < -0.3 is 4.90 Å². The number of nitrogens with one attached hydrogen (secondary N) is 1. The molecule has 1 N–H and O–H groups in total. The zero-order valence-electron chi connectivity index (χ0n) is 14.0. The molecule has 2 aromatic carbocycles. The first-order valence-electron chi connectivity index (χ1n) is 8.18. The number of halogens is 1. The van der Waals surface area contributed by atoms with Crippen molar-refractivity contribution < 1.29 is 14.0 Å². The molecule has 1 aliphatic heterocycles. The van der Waals surface area contributed by atoms with E-state index >= 15 is 0 Å². The van der Waals surface area contributed by atoms with Crippen LogP contribution in [0, 0.1) is 17.1 Å². The summed E-state index contributed by atoms with van der Waals surface area (Å²) in [6, 6.07) is 13.9. The van der Waals surface area contributed by atoms with Crippen LogP contribution in [0.5, 0.6) is 0 Å². The second kappa shape index (κ2) is 7.76. The number of carbonyl (C=O) groups excluding carboxylic acids is 2. The zero-order chi connectivity index (χ0) is 18.5. The Balaban J connectivity index is 1.53. The van der Waals surface area contributed by atoms with Crippen molar-refractivity contribution in [3.8, 4) is 6.07 Å². The summed E-state index contributed by atoms with van der Waals surface area (Å²) in [6.45, 7) is 1.94. The van der Waals surface area contributed by atoms with E-state index in [-0.39, 0.29) is 11.8 Å². The fourth-order valence-corrected chi connectivity index (χ4v) is 2.70. The molecule has 0 saturated carbocycles. The Morgan fingerprint density at radius 3 is 2.08 bits per heavy atom. The van der Waals surface area contributed by atoms with Gasteiger partial charge in [-0.2, -0.15) is 5.26 Å². The maximum atomic E-state index is 12.9. The van der Waals surface area contributed by atoms with Gasteiger partial charge >= 0.3 is 0 Å². The van der Waals surface area contributed by atoms with Gasteiger partial charge in [-0.1, -0.05) is 0 Å². The third kappa shape index (κ3) is 4.05. The summed E-state index contributed by atoms with van der Waals surface area (Å²) in [7, 11) is 0. The molecule has 0 bridgehead atoms. The molecule has 0 aliphatic carbocycles. The highest BCUT2D eigenvalue weighted by molar-refractivity contribution is 5.95. The van der Waals surface area contributed by atoms with Gasteiger partial charge in [0, 0.05) is 37.3 Å². The third-order valence-corrected chi connectivity index (χ3v) is 4.19. The molecule has 0 radical (unpaired) electrons. The highest BCUT2D eigenvalue weighted by atomic mass is 19.1. The number of hydrogen-bond donors (Lipinski definition) is 1. The monoisotopic (exact) mass is 352 g/mol. The molecule has 2 aromatic rings. The number of nitrogens with zero attached hydrogens (tertiary/aromatic N) is 3. The zero-order valence-corrected chi connectivity index (χ0v) is 14.0. The number of nitriles is 1. The van der Waals surface area contributed by atoms with Gasteiger partial charge in [0.15, 0.2) is 0 Å². The van der Waals surface area contributed by atoms with Crippen LogP contribution in [0.3, 0.4) is 0 Å². The van der Waals surface area contributed by atoms with E-state index in [1.807, 2.05) is 6.07 Å². The van der Waals surface area contributed by atoms with E-state index in [2.05, 4.69) is 5.43 Å². The molecular formula is C19H17FN4O2. The fraction of sp³-hybridized carbons (Fsp3) is 0.211. The first-order valence-corrected chi connectivity index (χ1v) is 8.18. The van der Waals surface area contributed by atoms with Gasteiger partial charge in [-0.3, -0.25) is 15.0 Å². The molecule has 0 atom stereocenters. The SMILES string of the molecule is N#Cc1ccc(C(=O)N2CCN(NC(=O)c3ccc(F)cc3)CC2)cc1. The second-order valence-corrected chi connectivity index (χ2v) is 5.92. The van der Waals surface area contributed by atoms with Crippen LogP contribution >= 0.6 is 0 Å². The standard InChI is InChI=1S/C19H17FN4O2/c20-17-7-5-15(6-8-17)18(25)22-24-11-9-23(10-12-24)19(26)16-3-1-14(13-21)2-4-16/h1-8H,9-12H2,(H,22,25). The molecule has 0 aromatic heterocycles. The van der Waals surface area contributed by atoms with Crippen molar-refractivity contribution in [3.63, 3.8) is 0 Å². The number of rotatable bonds is 3. The third-order valence-electron chi connectivity index (χ3n) is 4.19. The number of hydrogen-bond acceptors (Lipinski definition) is 4. The Morgan fingerprint density at radius 1 is 0.923 bits per heavy atom. The Hall–Kier alpha value is -3.24. The van der Waals surface area contributed by atoms with Crippen LogP contribution in [-0.2, 0) is 0 Å². The van der Waals surface area contributed by atoms with Crippen molar-refractivity contribution in [2.24, 2.45) is 0 Å². The minimum Gasteiger partial charge on any atom is -0.336 e. The average Bonchev–Trinajstić information content (AvgIpc) is 2.68. The molecule has 1 heterocycles. The molecule has 0 spiro atoms. The summed E-state index contributed by atoms with van der Waals surface area (Å²) in [5.74, 6) is -0.799. The molecule has 132 valence electrons. The van der Waals surface area contributed by atoms with Crippen LogP contribution in [-0.4, -0.2) is 47.9 Å². The number of carbonyl (C=O) groups is 2. The van der Waals surface area contributed by atoms with E-state index < -0.39 is 5.82 Å². The maximum absolute atomic E-state index is 12.9. The van der Waals surface area contributed by atoms with Crippen LogP contribution < -0.4 is 5.43 Å². The molecule has 1 fully saturated rings. The molecule has 2 amide bonds.